The van der Waals surface area contributed by atoms with Gasteiger partial charge in [-0.2, -0.15) is 0 Å². The van der Waals surface area contributed by atoms with E-state index in [-0.39, 0.29) is 6.04 Å². The van der Waals surface area contributed by atoms with Gasteiger partial charge in [-0.1, -0.05) is 6.92 Å². The average Bonchev–Trinajstić information content (AvgIpc) is 2.64. The van der Waals surface area contributed by atoms with Gasteiger partial charge in [0.2, 0.25) is 5.91 Å². The molecule has 1 atom stereocenters. The van der Waals surface area contributed by atoms with Crippen molar-refractivity contribution >= 4 is 5.91 Å². The number of nitrogens with zero attached hydrogens (tertiary/aromatic N) is 2. The topological polar surface area (TPSA) is 23.6 Å². The monoisotopic (exact) mass is 198 g/mol. The van der Waals surface area contributed by atoms with Gasteiger partial charge >= 0.3 is 0 Å². The summed E-state index contributed by atoms with van der Waals surface area (Å²) in [5.41, 5.74) is 0. The zero-order valence-corrected chi connectivity index (χ0v) is 9.62. The van der Waals surface area contributed by atoms with E-state index in [2.05, 4.69) is 11.8 Å². The predicted molar refractivity (Wildman–Crippen MR) is 58.2 cm³/mol. The third-order valence-corrected chi connectivity index (χ3v) is 3.01. The molecule has 0 N–H and O–H groups in total. The molecule has 0 radical (unpaired) electrons. The Balaban J connectivity index is 2.53. The zero-order valence-electron chi connectivity index (χ0n) is 9.62. The first-order chi connectivity index (χ1) is 6.70. The van der Waals surface area contributed by atoms with Crippen LogP contribution in [-0.2, 0) is 4.79 Å². The Morgan fingerprint density at radius 2 is 2.21 bits per heavy atom. The van der Waals surface area contributed by atoms with Crippen molar-refractivity contribution in [3.05, 3.63) is 0 Å². The highest BCUT2D eigenvalue weighted by molar-refractivity contribution is 5.81. The van der Waals surface area contributed by atoms with Crippen LogP contribution in [0.25, 0.3) is 0 Å². The summed E-state index contributed by atoms with van der Waals surface area (Å²) < 4.78 is 0. The minimum absolute atomic E-state index is 0.167. The molecule has 1 unspecified atom stereocenters. The summed E-state index contributed by atoms with van der Waals surface area (Å²) in [5, 5.41) is 0. The van der Waals surface area contributed by atoms with Crippen molar-refractivity contribution in [3.63, 3.8) is 0 Å². The van der Waals surface area contributed by atoms with Crippen LogP contribution in [0.5, 0.6) is 0 Å². The number of likely N-dealkylation sites (tertiary alicyclic amines) is 1. The predicted octanol–water partition coefficient (Wildman–Crippen LogP) is 1.34. The number of amides is 1. The number of carbonyl (C=O) groups excluding carboxylic acids is 1. The van der Waals surface area contributed by atoms with E-state index in [0.717, 1.165) is 32.5 Å². The highest BCUT2D eigenvalue weighted by atomic mass is 16.2. The minimum Gasteiger partial charge on any atom is -0.345 e. The van der Waals surface area contributed by atoms with Crippen molar-refractivity contribution in [3.8, 4) is 0 Å². The third kappa shape index (κ3) is 2.47. The Kier molecular flexibility index (Phi) is 4.39. The van der Waals surface area contributed by atoms with Gasteiger partial charge < -0.3 is 4.90 Å². The van der Waals surface area contributed by atoms with E-state index in [1.807, 2.05) is 18.9 Å². The van der Waals surface area contributed by atoms with Crippen LogP contribution in [0.3, 0.4) is 0 Å². The Labute approximate surface area is 87.1 Å². The molecule has 0 spiro atoms. The van der Waals surface area contributed by atoms with Gasteiger partial charge in [0, 0.05) is 13.6 Å². The van der Waals surface area contributed by atoms with E-state index in [9.17, 15) is 4.79 Å². The molecule has 3 heteroatoms. The third-order valence-electron chi connectivity index (χ3n) is 3.01. The smallest absolute Gasteiger partial charge is 0.239 e. The summed E-state index contributed by atoms with van der Waals surface area (Å²) in [4.78, 5) is 16.1. The van der Waals surface area contributed by atoms with Crippen LogP contribution < -0.4 is 0 Å². The maximum Gasteiger partial charge on any atom is 0.239 e. The van der Waals surface area contributed by atoms with Crippen LogP contribution >= 0.6 is 0 Å². The molecule has 14 heavy (non-hydrogen) atoms. The second-order valence-electron chi connectivity index (χ2n) is 4.05. The van der Waals surface area contributed by atoms with Crippen molar-refractivity contribution in [2.45, 2.75) is 39.2 Å². The van der Waals surface area contributed by atoms with Gasteiger partial charge in [0.25, 0.3) is 0 Å². The van der Waals surface area contributed by atoms with Crippen molar-refractivity contribution in [1.82, 2.24) is 9.80 Å². The fraction of sp³-hybridized carbons (Fsp3) is 0.909. The molecule has 1 heterocycles. The molecule has 0 bridgehead atoms. The van der Waals surface area contributed by atoms with Crippen molar-refractivity contribution < 1.29 is 4.79 Å². The van der Waals surface area contributed by atoms with E-state index < -0.39 is 0 Å². The van der Waals surface area contributed by atoms with E-state index >= 15 is 0 Å². The van der Waals surface area contributed by atoms with Gasteiger partial charge in [-0.05, 0) is 39.3 Å². The fourth-order valence-electron chi connectivity index (χ4n) is 2.07. The van der Waals surface area contributed by atoms with Gasteiger partial charge in [0.05, 0.1) is 6.04 Å². The molecule has 0 aromatic heterocycles. The molecule has 1 saturated heterocycles. The molecule has 1 amide bonds. The number of carbonyl (C=O) groups is 1. The molecule has 0 aromatic rings. The first-order valence-corrected chi connectivity index (χ1v) is 5.69. The van der Waals surface area contributed by atoms with Crippen LogP contribution in [0.4, 0.5) is 0 Å². The molecule has 0 aromatic carbocycles. The molecule has 0 saturated carbocycles. The van der Waals surface area contributed by atoms with Crippen LogP contribution in [0, 0.1) is 0 Å². The summed E-state index contributed by atoms with van der Waals surface area (Å²) in [7, 11) is 1.89. The second kappa shape index (κ2) is 5.35. The van der Waals surface area contributed by atoms with E-state index in [1.54, 1.807) is 0 Å². The van der Waals surface area contributed by atoms with Gasteiger partial charge in [0.1, 0.15) is 0 Å². The van der Waals surface area contributed by atoms with E-state index in [1.165, 1.54) is 6.42 Å². The fourth-order valence-corrected chi connectivity index (χ4v) is 2.07. The van der Waals surface area contributed by atoms with Crippen molar-refractivity contribution in [1.29, 1.82) is 0 Å². The van der Waals surface area contributed by atoms with Crippen LogP contribution in [-0.4, -0.2) is 48.4 Å². The highest BCUT2D eigenvalue weighted by Gasteiger charge is 2.31. The second-order valence-corrected chi connectivity index (χ2v) is 4.05. The Hall–Kier alpha value is -0.570. The first kappa shape index (κ1) is 11.5. The zero-order chi connectivity index (χ0) is 10.6. The summed E-state index contributed by atoms with van der Waals surface area (Å²) in [6.07, 6.45) is 3.36. The molecule has 1 aliphatic rings. The van der Waals surface area contributed by atoms with E-state index in [4.69, 9.17) is 0 Å². The summed E-state index contributed by atoms with van der Waals surface area (Å²) in [6.45, 7) is 7.17. The van der Waals surface area contributed by atoms with Crippen molar-refractivity contribution in [2.75, 3.05) is 26.7 Å². The molecule has 0 aliphatic carbocycles. The summed E-state index contributed by atoms with van der Waals surface area (Å²) >= 11 is 0. The molecule has 1 fully saturated rings. The summed E-state index contributed by atoms with van der Waals surface area (Å²) in [5.74, 6) is 0.304. The molecular formula is C11H22N2O. The standard InChI is InChI=1S/C11H22N2O/c1-4-8-13-9-6-7-10(13)11(14)12(3)5-2/h10H,4-9H2,1-3H3. The largest absolute Gasteiger partial charge is 0.345 e. The van der Waals surface area contributed by atoms with E-state index in [0.29, 0.717) is 5.91 Å². The van der Waals surface area contributed by atoms with Crippen LogP contribution in [0.1, 0.15) is 33.1 Å². The molecule has 3 nitrogen and oxygen atoms in total. The number of hydrogen-bond donors (Lipinski definition) is 0. The Morgan fingerprint density at radius 1 is 1.50 bits per heavy atom. The van der Waals surface area contributed by atoms with Gasteiger partial charge in [-0.25, -0.2) is 0 Å². The Morgan fingerprint density at radius 3 is 2.79 bits per heavy atom. The molecule has 1 aliphatic heterocycles. The lowest BCUT2D eigenvalue weighted by Gasteiger charge is -2.26. The van der Waals surface area contributed by atoms with Gasteiger partial charge in [-0.3, -0.25) is 9.69 Å². The van der Waals surface area contributed by atoms with Gasteiger partial charge in [-0.15, -0.1) is 0 Å². The maximum atomic E-state index is 11.9. The molecular weight excluding hydrogens is 176 g/mol. The first-order valence-electron chi connectivity index (χ1n) is 5.69. The maximum absolute atomic E-state index is 11.9. The van der Waals surface area contributed by atoms with Crippen LogP contribution in [0.15, 0.2) is 0 Å². The van der Waals surface area contributed by atoms with Crippen LogP contribution in [0.2, 0.25) is 0 Å². The normalized spacial score (nSPS) is 22.6. The quantitative estimate of drug-likeness (QED) is 0.680. The Bertz CT molecular complexity index is 194. The molecule has 82 valence electrons. The highest BCUT2D eigenvalue weighted by Crippen LogP contribution is 2.18. The lowest BCUT2D eigenvalue weighted by molar-refractivity contribution is -0.134. The minimum atomic E-state index is 0.167. The lowest BCUT2D eigenvalue weighted by atomic mass is 10.2. The molecule has 1 rings (SSSR count). The number of rotatable bonds is 4. The lowest BCUT2D eigenvalue weighted by Crippen LogP contribution is -2.44. The van der Waals surface area contributed by atoms with Gasteiger partial charge in [0.15, 0.2) is 0 Å². The summed E-state index contributed by atoms with van der Waals surface area (Å²) in [6, 6.07) is 0.167. The van der Waals surface area contributed by atoms with Crippen molar-refractivity contribution in [2.24, 2.45) is 0 Å². The number of hydrogen-bond acceptors (Lipinski definition) is 2. The number of likely N-dealkylation sites (N-methyl/N-ethyl adjacent to an activating group) is 1. The average molecular weight is 198 g/mol. The SMILES string of the molecule is CCCN1CCCC1C(=O)N(C)CC.